The summed E-state index contributed by atoms with van der Waals surface area (Å²) >= 11 is 0. The molecule has 0 spiro atoms. The molecule has 2 N–H and O–H groups in total. The number of carbonyl (C=O) groups excluding carboxylic acids is 5. The lowest BCUT2D eigenvalue weighted by atomic mass is 10.0. The molecule has 0 aromatic heterocycles. The third-order valence-electron chi connectivity index (χ3n) is 10.5. The predicted octanol–water partition coefficient (Wildman–Crippen LogP) is 3.42. The maximum Gasteiger partial charge on any atom is 0.410 e. The molecular formula is C39H55N5O10. The highest BCUT2D eigenvalue weighted by molar-refractivity contribution is 5.99. The van der Waals surface area contributed by atoms with E-state index in [9.17, 15) is 24.0 Å². The quantitative estimate of drug-likeness (QED) is 0.227. The molecule has 54 heavy (non-hydrogen) atoms. The number of amides is 4. The zero-order valence-corrected chi connectivity index (χ0v) is 32.0. The molecule has 0 unspecified atom stereocenters. The molecule has 4 atom stereocenters. The van der Waals surface area contributed by atoms with Crippen molar-refractivity contribution in [3.05, 3.63) is 41.0 Å². The van der Waals surface area contributed by atoms with E-state index in [1.807, 2.05) is 24.3 Å². The Labute approximate surface area is 317 Å². The van der Waals surface area contributed by atoms with Gasteiger partial charge in [-0.2, -0.15) is 0 Å². The first-order valence-corrected chi connectivity index (χ1v) is 19.3. The molecule has 296 valence electrons. The van der Waals surface area contributed by atoms with Crippen molar-refractivity contribution in [1.82, 2.24) is 25.3 Å². The molecule has 15 heteroatoms. The third kappa shape index (κ3) is 9.64. The molecule has 1 saturated carbocycles. The molecule has 4 amide bonds. The maximum absolute atomic E-state index is 14.3. The van der Waals surface area contributed by atoms with Crippen molar-refractivity contribution in [3.63, 3.8) is 0 Å². The standard InChI is InChI=1S/C39H55N5O10/c1-5-51-35(47)39-22-28(39)10-8-6-7-9-11-31(40-36(48)54-38(2,3)4)34(46)44-25-30(21-32(44)33(45)41-39)53-37(49)43-23-26-12-13-29(20-27(26)24-43)52-19-16-42-14-17-50-18-15-42/h10,12-13,20,30-32H,5-9,11,14-19,21-25H2,1-4H3,(H,40,48)(H,41,45)/b28-10+/t30-,31+,32+,39-/m1/s1. The van der Waals surface area contributed by atoms with Gasteiger partial charge in [0.25, 0.3) is 0 Å². The fourth-order valence-electron chi connectivity index (χ4n) is 7.57. The Balaban J connectivity index is 1.14. The zero-order valence-electron chi connectivity index (χ0n) is 32.0. The van der Waals surface area contributed by atoms with Gasteiger partial charge in [0.2, 0.25) is 11.8 Å². The van der Waals surface area contributed by atoms with E-state index in [2.05, 4.69) is 15.5 Å². The van der Waals surface area contributed by atoms with Crippen LogP contribution in [0.25, 0.3) is 0 Å². The van der Waals surface area contributed by atoms with Crippen molar-refractivity contribution < 1.29 is 47.7 Å². The highest BCUT2D eigenvalue weighted by Gasteiger charge is 2.59. The second-order valence-corrected chi connectivity index (χ2v) is 15.7. The Morgan fingerprint density at radius 3 is 2.59 bits per heavy atom. The molecule has 0 bridgehead atoms. The minimum absolute atomic E-state index is 0.0162. The highest BCUT2D eigenvalue weighted by Crippen LogP contribution is 2.45. The Morgan fingerprint density at radius 1 is 1.06 bits per heavy atom. The van der Waals surface area contributed by atoms with Crippen LogP contribution in [0.4, 0.5) is 9.59 Å². The second-order valence-electron chi connectivity index (χ2n) is 15.7. The van der Waals surface area contributed by atoms with Crippen molar-refractivity contribution in [3.8, 4) is 5.75 Å². The summed E-state index contributed by atoms with van der Waals surface area (Å²) in [6.45, 7) is 12.3. The van der Waals surface area contributed by atoms with E-state index in [4.69, 9.17) is 23.7 Å². The van der Waals surface area contributed by atoms with Gasteiger partial charge in [-0.1, -0.05) is 25.0 Å². The summed E-state index contributed by atoms with van der Waals surface area (Å²) in [6, 6.07) is 3.77. The fourth-order valence-corrected chi connectivity index (χ4v) is 7.57. The smallest absolute Gasteiger partial charge is 0.410 e. The molecule has 0 radical (unpaired) electrons. The van der Waals surface area contributed by atoms with Crippen LogP contribution in [-0.4, -0.2) is 127 Å². The van der Waals surface area contributed by atoms with E-state index in [0.717, 1.165) is 68.1 Å². The maximum atomic E-state index is 14.3. The van der Waals surface area contributed by atoms with E-state index in [1.165, 1.54) is 4.90 Å². The van der Waals surface area contributed by atoms with E-state index >= 15 is 0 Å². The number of morpholine rings is 1. The second kappa shape index (κ2) is 17.0. The number of hydrogen-bond acceptors (Lipinski definition) is 11. The van der Waals surface area contributed by atoms with Crippen LogP contribution in [0, 0.1) is 0 Å². The highest BCUT2D eigenvalue weighted by atomic mass is 16.6. The molecule has 1 aromatic rings. The number of nitrogens with zero attached hydrogens (tertiary/aromatic N) is 3. The number of hydrogen-bond donors (Lipinski definition) is 2. The van der Waals surface area contributed by atoms with Crippen LogP contribution in [0.3, 0.4) is 0 Å². The Hall–Kier alpha value is -4.37. The summed E-state index contributed by atoms with van der Waals surface area (Å²) in [4.78, 5) is 73.3. The van der Waals surface area contributed by atoms with Gasteiger partial charge in [-0.25, -0.2) is 14.4 Å². The minimum atomic E-state index is -1.29. The number of rotatable bonds is 8. The Bertz CT molecular complexity index is 1600. The summed E-state index contributed by atoms with van der Waals surface area (Å²) in [6.07, 6.45) is 3.46. The topological polar surface area (TPSA) is 165 Å². The van der Waals surface area contributed by atoms with Crippen LogP contribution in [-0.2, 0) is 46.4 Å². The first-order valence-electron chi connectivity index (χ1n) is 19.3. The molecule has 15 nitrogen and oxygen atoms in total. The van der Waals surface area contributed by atoms with Gasteiger partial charge in [-0.05, 0) is 75.8 Å². The number of esters is 1. The van der Waals surface area contributed by atoms with Gasteiger partial charge in [0, 0.05) is 45.6 Å². The van der Waals surface area contributed by atoms with Gasteiger partial charge in [-0.15, -0.1) is 0 Å². The third-order valence-corrected chi connectivity index (χ3v) is 10.5. The summed E-state index contributed by atoms with van der Waals surface area (Å²) in [5, 5.41) is 5.64. The van der Waals surface area contributed by atoms with Gasteiger partial charge >= 0.3 is 18.2 Å². The van der Waals surface area contributed by atoms with Crippen LogP contribution < -0.4 is 15.4 Å². The lowest BCUT2D eigenvalue weighted by molar-refractivity contribution is -0.149. The molecule has 4 aliphatic heterocycles. The van der Waals surface area contributed by atoms with E-state index in [0.29, 0.717) is 45.4 Å². The van der Waals surface area contributed by atoms with Crippen LogP contribution in [0.15, 0.2) is 29.8 Å². The molecule has 1 aliphatic carbocycles. The van der Waals surface area contributed by atoms with Gasteiger partial charge in [0.1, 0.15) is 36.1 Å². The summed E-state index contributed by atoms with van der Waals surface area (Å²) < 4.78 is 28.3. The van der Waals surface area contributed by atoms with Crippen molar-refractivity contribution in [2.24, 2.45) is 0 Å². The molecule has 6 rings (SSSR count). The summed E-state index contributed by atoms with van der Waals surface area (Å²) in [7, 11) is 0. The molecule has 5 aliphatic rings. The average Bonchev–Trinajstić information content (AvgIpc) is 3.41. The number of allylic oxidation sites excluding steroid dienone is 1. The van der Waals surface area contributed by atoms with Crippen molar-refractivity contribution in [1.29, 1.82) is 0 Å². The molecule has 4 heterocycles. The van der Waals surface area contributed by atoms with Gasteiger partial charge in [0.05, 0.1) is 26.4 Å². The number of alkyl carbamates (subject to hydrolysis) is 1. The van der Waals surface area contributed by atoms with Crippen molar-refractivity contribution in [2.75, 3.05) is 52.6 Å². The Kier molecular flexibility index (Phi) is 12.4. The van der Waals surface area contributed by atoms with Crippen molar-refractivity contribution in [2.45, 2.75) is 115 Å². The minimum Gasteiger partial charge on any atom is -0.492 e. The van der Waals surface area contributed by atoms with Gasteiger partial charge < -0.3 is 39.2 Å². The first kappa shape index (κ1) is 39.3. The zero-order chi connectivity index (χ0) is 38.5. The molecule has 3 fully saturated rings. The predicted molar refractivity (Wildman–Crippen MR) is 195 cm³/mol. The van der Waals surface area contributed by atoms with Crippen molar-refractivity contribution >= 4 is 30.0 Å². The normalized spacial score (nSPS) is 27.3. The van der Waals surface area contributed by atoms with Gasteiger partial charge in [-0.3, -0.25) is 19.4 Å². The number of ether oxygens (including phenoxy) is 5. The van der Waals surface area contributed by atoms with E-state index in [-0.39, 0.29) is 19.6 Å². The first-order chi connectivity index (χ1) is 25.8. The molecular weight excluding hydrogens is 698 g/mol. The number of carbonyl (C=O) groups is 5. The fraction of sp³-hybridized carbons (Fsp3) is 0.667. The SMILES string of the molecule is CCOC(=O)[C@@]12C/C1=C\CCCCC[C@H](NC(=O)OC(C)(C)C)C(=O)N1C[C@H](OC(=O)N3Cc4ccc(OCCN5CCOCC5)cc4C3)C[C@H]1C(=O)N2. The lowest BCUT2D eigenvalue weighted by Gasteiger charge is -2.30. The van der Waals surface area contributed by atoms with Crippen LogP contribution in [0.5, 0.6) is 5.75 Å². The average molecular weight is 754 g/mol. The molecule has 2 saturated heterocycles. The largest absolute Gasteiger partial charge is 0.492 e. The van der Waals surface area contributed by atoms with Crippen LogP contribution in [0.1, 0.15) is 83.8 Å². The van der Waals surface area contributed by atoms with Gasteiger partial charge in [0.15, 0.2) is 5.54 Å². The number of nitrogens with one attached hydrogen (secondary N) is 2. The monoisotopic (exact) mass is 753 g/mol. The number of benzene rings is 1. The van der Waals surface area contributed by atoms with E-state index in [1.54, 1.807) is 32.6 Å². The number of fused-ring (bicyclic) bond motifs is 3. The summed E-state index contributed by atoms with van der Waals surface area (Å²) in [5.74, 6) is -0.848. The van der Waals surface area contributed by atoms with Crippen LogP contribution >= 0.6 is 0 Å². The van der Waals surface area contributed by atoms with E-state index < -0.39 is 59.3 Å². The Morgan fingerprint density at radius 2 is 1.83 bits per heavy atom. The summed E-state index contributed by atoms with van der Waals surface area (Å²) in [5.41, 5.74) is 0.656. The lowest BCUT2D eigenvalue weighted by Crippen LogP contribution is -2.56. The molecule has 1 aromatic carbocycles. The van der Waals surface area contributed by atoms with Crippen LogP contribution in [0.2, 0.25) is 0 Å².